The lowest BCUT2D eigenvalue weighted by Crippen LogP contribution is -2.45. The van der Waals surface area contributed by atoms with Gasteiger partial charge in [-0.1, -0.05) is 23.8 Å². The first-order valence-electron chi connectivity index (χ1n) is 9.45. The summed E-state index contributed by atoms with van der Waals surface area (Å²) in [5.74, 6) is -1.38. The van der Waals surface area contributed by atoms with Gasteiger partial charge in [0.05, 0.1) is 12.1 Å². The fourth-order valence-electron chi connectivity index (χ4n) is 3.39. The summed E-state index contributed by atoms with van der Waals surface area (Å²) in [6.45, 7) is 6.97. The van der Waals surface area contributed by atoms with Gasteiger partial charge in [-0.15, -0.1) is 6.58 Å². The van der Waals surface area contributed by atoms with Crippen molar-refractivity contribution in [3.8, 4) is 5.75 Å². The maximum atomic E-state index is 13.1. The lowest BCUT2D eigenvalue weighted by molar-refractivity contribution is -0.132. The molecule has 1 aliphatic rings. The molecule has 1 heterocycles. The van der Waals surface area contributed by atoms with Crippen molar-refractivity contribution in [2.24, 2.45) is 0 Å². The molecule has 0 saturated carbocycles. The molecule has 30 heavy (non-hydrogen) atoms. The van der Waals surface area contributed by atoms with Crippen LogP contribution in [0, 0.1) is 6.92 Å². The normalized spacial score (nSPS) is 15.8. The largest absolute Gasteiger partial charge is 0.427 e. The Morgan fingerprint density at radius 1 is 1.20 bits per heavy atom. The number of anilines is 1. The van der Waals surface area contributed by atoms with E-state index in [-0.39, 0.29) is 18.9 Å². The Balaban J connectivity index is 1.86. The Morgan fingerprint density at radius 3 is 2.50 bits per heavy atom. The maximum Gasteiger partial charge on any atom is 0.308 e. The molecule has 1 fully saturated rings. The molecule has 7 nitrogen and oxygen atoms in total. The number of carbonyl (C=O) groups is 4. The number of imide groups is 1. The molecular formula is C23H22N2O5. The van der Waals surface area contributed by atoms with Gasteiger partial charge in [0.25, 0.3) is 11.8 Å². The van der Waals surface area contributed by atoms with E-state index in [2.05, 4.69) is 6.58 Å². The van der Waals surface area contributed by atoms with Crippen molar-refractivity contribution >= 4 is 29.4 Å². The van der Waals surface area contributed by atoms with Crippen LogP contribution in [0.2, 0.25) is 0 Å². The summed E-state index contributed by atoms with van der Waals surface area (Å²) in [5.41, 5.74) is 1.72. The van der Waals surface area contributed by atoms with Gasteiger partial charge in [0.2, 0.25) is 5.91 Å². The molecule has 3 rings (SSSR count). The third kappa shape index (κ3) is 4.30. The van der Waals surface area contributed by atoms with Crippen LogP contribution in [0.3, 0.4) is 0 Å². The summed E-state index contributed by atoms with van der Waals surface area (Å²) in [4.78, 5) is 52.3. The van der Waals surface area contributed by atoms with Crippen molar-refractivity contribution in [2.45, 2.75) is 26.3 Å². The van der Waals surface area contributed by atoms with E-state index in [1.54, 1.807) is 18.2 Å². The monoisotopic (exact) mass is 406 g/mol. The van der Waals surface area contributed by atoms with Gasteiger partial charge in [-0.25, -0.2) is 4.90 Å². The molecule has 0 spiro atoms. The van der Waals surface area contributed by atoms with E-state index in [9.17, 15) is 19.2 Å². The predicted molar refractivity (Wildman–Crippen MR) is 111 cm³/mol. The molecule has 1 atom stereocenters. The summed E-state index contributed by atoms with van der Waals surface area (Å²) >= 11 is 0. The molecular weight excluding hydrogens is 384 g/mol. The van der Waals surface area contributed by atoms with Crippen LogP contribution in [-0.4, -0.2) is 41.2 Å². The molecule has 1 saturated heterocycles. The molecule has 154 valence electrons. The van der Waals surface area contributed by atoms with E-state index >= 15 is 0 Å². The quantitative estimate of drug-likeness (QED) is 0.319. The van der Waals surface area contributed by atoms with Crippen LogP contribution in [0.4, 0.5) is 5.69 Å². The highest BCUT2D eigenvalue weighted by Crippen LogP contribution is 2.28. The number of amides is 3. The fraction of sp³-hybridized carbons (Fsp3) is 0.217. The van der Waals surface area contributed by atoms with Crippen molar-refractivity contribution in [3.63, 3.8) is 0 Å². The van der Waals surface area contributed by atoms with E-state index in [0.29, 0.717) is 17.0 Å². The Bertz CT molecular complexity index is 1010. The van der Waals surface area contributed by atoms with Gasteiger partial charge in [-0.3, -0.25) is 19.2 Å². The average molecular weight is 406 g/mol. The third-order valence-corrected chi connectivity index (χ3v) is 4.71. The van der Waals surface area contributed by atoms with Crippen LogP contribution >= 0.6 is 0 Å². The Labute approximate surface area is 174 Å². The molecule has 0 radical (unpaired) electrons. The topological polar surface area (TPSA) is 84.0 Å². The highest BCUT2D eigenvalue weighted by molar-refractivity contribution is 6.23. The van der Waals surface area contributed by atoms with Gasteiger partial charge in [0, 0.05) is 19.0 Å². The molecule has 0 bridgehead atoms. The second kappa shape index (κ2) is 8.73. The maximum absolute atomic E-state index is 13.1. The van der Waals surface area contributed by atoms with Gasteiger partial charge >= 0.3 is 5.97 Å². The second-order valence-corrected chi connectivity index (χ2v) is 6.99. The first-order valence-corrected chi connectivity index (χ1v) is 9.45. The molecule has 1 unspecified atom stereocenters. The zero-order valence-corrected chi connectivity index (χ0v) is 16.8. The van der Waals surface area contributed by atoms with Crippen molar-refractivity contribution in [3.05, 3.63) is 72.3 Å². The summed E-state index contributed by atoms with van der Waals surface area (Å²) in [5, 5.41) is 0. The number of benzene rings is 2. The molecule has 0 aliphatic carbocycles. The first kappa shape index (κ1) is 21.0. The van der Waals surface area contributed by atoms with E-state index in [1.807, 2.05) is 13.0 Å². The van der Waals surface area contributed by atoms with Gasteiger partial charge in [0.15, 0.2) is 0 Å². The minimum absolute atomic E-state index is 0.115. The summed E-state index contributed by atoms with van der Waals surface area (Å²) in [7, 11) is 0. The van der Waals surface area contributed by atoms with Gasteiger partial charge in [-0.05, 0) is 43.3 Å². The highest BCUT2D eigenvalue weighted by atomic mass is 16.5. The fourth-order valence-corrected chi connectivity index (χ4v) is 3.39. The number of nitrogens with zero attached hydrogens (tertiary/aromatic N) is 2. The van der Waals surface area contributed by atoms with Gasteiger partial charge in [0.1, 0.15) is 11.8 Å². The van der Waals surface area contributed by atoms with Crippen molar-refractivity contribution in [1.82, 2.24) is 4.90 Å². The van der Waals surface area contributed by atoms with Gasteiger partial charge < -0.3 is 9.64 Å². The minimum atomic E-state index is -0.920. The zero-order chi connectivity index (χ0) is 21.8. The summed E-state index contributed by atoms with van der Waals surface area (Å²) in [6.07, 6.45) is 1.41. The van der Waals surface area contributed by atoms with Crippen molar-refractivity contribution in [1.29, 1.82) is 0 Å². The molecule has 2 aromatic carbocycles. The van der Waals surface area contributed by atoms with E-state index < -0.39 is 23.8 Å². The zero-order valence-electron chi connectivity index (χ0n) is 16.8. The number of esters is 1. The first-order chi connectivity index (χ1) is 14.3. The molecule has 2 aromatic rings. The molecule has 7 heteroatoms. The summed E-state index contributed by atoms with van der Waals surface area (Å²) in [6, 6.07) is 12.2. The SMILES string of the molecule is C=CCN(C(=O)c1cccc(C)c1)C1CC(=O)N(c2ccc(OC(C)=O)cc2)C1=O. The number of hydrogen-bond donors (Lipinski definition) is 0. The third-order valence-electron chi connectivity index (χ3n) is 4.71. The lowest BCUT2D eigenvalue weighted by Gasteiger charge is -2.26. The highest BCUT2D eigenvalue weighted by Gasteiger charge is 2.44. The molecule has 0 N–H and O–H groups in total. The number of rotatable bonds is 6. The van der Waals surface area contributed by atoms with Crippen LogP contribution in [0.1, 0.15) is 29.3 Å². The Morgan fingerprint density at radius 2 is 1.90 bits per heavy atom. The van der Waals surface area contributed by atoms with Gasteiger partial charge in [-0.2, -0.15) is 0 Å². The predicted octanol–water partition coefficient (Wildman–Crippen LogP) is 2.88. The number of ether oxygens (including phenoxy) is 1. The number of carbonyl (C=O) groups excluding carboxylic acids is 4. The minimum Gasteiger partial charge on any atom is -0.427 e. The van der Waals surface area contributed by atoms with Crippen molar-refractivity contribution in [2.75, 3.05) is 11.4 Å². The molecule has 3 amide bonds. The van der Waals surface area contributed by atoms with Crippen LogP contribution in [0.5, 0.6) is 5.75 Å². The molecule has 0 aromatic heterocycles. The Kier molecular flexibility index (Phi) is 6.11. The number of hydrogen-bond acceptors (Lipinski definition) is 5. The van der Waals surface area contributed by atoms with Crippen LogP contribution in [-0.2, 0) is 14.4 Å². The van der Waals surface area contributed by atoms with Crippen LogP contribution in [0.25, 0.3) is 0 Å². The standard InChI is InChI=1S/C23H22N2O5/c1-4-12-24(22(28)17-7-5-6-15(2)13-17)20-14-21(27)25(23(20)29)18-8-10-19(11-9-18)30-16(3)26/h4-11,13,20H,1,12,14H2,2-3H3. The van der Waals surface area contributed by atoms with E-state index in [1.165, 1.54) is 42.2 Å². The van der Waals surface area contributed by atoms with E-state index in [4.69, 9.17) is 4.74 Å². The smallest absolute Gasteiger partial charge is 0.308 e. The summed E-state index contributed by atoms with van der Waals surface area (Å²) < 4.78 is 4.98. The van der Waals surface area contributed by atoms with Crippen molar-refractivity contribution < 1.29 is 23.9 Å². The Hall–Kier alpha value is -3.74. The second-order valence-electron chi connectivity index (χ2n) is 6.99. The van der Waals surface area contributed by atoms with Crippen LogP contribution < -0.4 is 9.64 Å². The van der Waals surface area contributed by atoms with Crippen LogP contribution in [0.15, 0.2) is 61.2 Å². The average Bonchev–Trinajstić information content (AvgIpc) is 3.00. The molecule has 1 aliphatic heterocycles. The number of aryl methyl sites for hydroxylation is 1. The van der Waals surface area contributed by atoms with E-state index in [0.717, 1.165) is 10.5 Å². The lowest BCUT2D eigenvalue weighted by atomic mass is 10.1.